The molecule has 1 heterocycles. The number of hydrogen-bond acceptors (Lipinski definition) is 4. The SMILES string of the molecule is Cc1nn(Cc2ccccc2)c(C)c1S(=O)(=O)[O-]. The third-order valence-electron chi connectivity index (χ3n) is 2.74. The topological polar surface area (TPSA) is 75.0 Å². The third-order valence-corrected chi connectivity index (χ3v) is 3.83. The maximum atomic E-state index is 11.1. The van der Waals surface area contributed by atoms with E-state index in [0.717, 1.165) is 5.56 Å². The summed E-state index contributed by atoms with van der Waals surface area (Å²) in [5.74, 6) is 0. The average molecular weight is 265 g/mol. The van der Waals surface area contributed by atoms with Gasteiger partial charge in [0.25, 0.3) is 0 Å². The van der Waals surface area contributed by atoms with Crippen molar-refractivity contribution in [1.29, 1.82) is 0 Å². The molecule has 0 aliphatic carbocycles. The van der Waals surface area contributed by atoms with Crippen molar-refractivity contribution in [3.05, 3.63) is 47.3 Å². The van der Waals surface area contributed by atoms with Crippen LogP contribution >= 0.6 is 0 Å². The number of benzene rings is 1. The third kappa shape index (κ3) is 2.44. The minimum absolute atomic E-state index is 0.210. The molecule has 6 heteroatoms. The second-order valence-corrected chi connectivity index (χ2v) is 5.41. The molecule has 0 unspecified atom stereocenters. The molecule has 0 aliphatic rings. The normalized spacial score (nSPS) is 11.7. The van der Waals surface area contributed by atoms with Crippen molar-refractivity contribution in [3.63, 3.8) is 0 Å². The lowest BCUT2D eigenvalue weighted by Crippen LogP contribution is -2.06. The van der Waals surface area contributed by atoms with Crippen LogP contribution in [0.2, 0.25) is 0 Å². The average Bonchev–Trinajstić information content (AvgIpc) is 2.54. The highest BCUT2D eigenvalue weighted by Crippen LogP contribution is 2.19. The lowest BCUT2D eigenvalue weighted by Gasteiger charge is -2.08. The molecule has 0 fully saturated rings. The Labute approximate surface area is 106 Å². The zero-order valence-electron chi connectivity index (χ0n) is 10.1. The number of rotatable bonds is 3. The molecule has 0 N–H and O–H groups in total. The second-order valence-electron chi connectivity index (χ2n) is 4.10. The van der Waals surface area contributed by atoms with E-state index in [-0.39, 0.29) is 10.6 Å². The summed E-state index contributed by atoms with van der Waals surface area (Å²) in [6.45, 7) is 3.57. The highest BCUT2D eigenvalue weighted by atomic mass is 32.2. The first kappa shape index (κ1) is 12.8. The van der Waals surface area contributed by atoms with Crippen LogP contribution in [0.5, 0.6) is 0 Å². The van der Waals surface area contributed by atoms with Gasteiger partial charge in [-0.1, -0.05) is 30.3 Å². The molecule has 2 aromatic rings. The van der Waals surface area contributed by atoms with Crippen molar-refractivity contribution in [3.8, 4) is 0 Å². The Morgan fingerprint density at radius 3 is 2.33 bits per heavy atom. The van der Waals surface area contributed by atoms with Gasteiger partial charge >= 0.3 is 0 Å². The largest absolute Gasteiger partial charge is 0.744 e. The molecule has 0 radical (unpaired) electrons. The molecular weight excluding hydrogens is 252 g/mol. The summed E-state index contributed by atoms with van der Waals surface area (Å²) in [5.41, 5.74) is 1.63. The molecule has 5 nitrogen and oxygen atoms in total. The first-order chi connectivity index (χ1) is 8.39. The van der Waals surface area contributed by atoms with Crippen LogP contribution in [0.1, 0.15) is 17.0 Å². The molecule has 96 valence electrons. The summed E-state index contributed by atoms with van der Waals surface area (Å²) >= 11 is 0. The number of aromatic nitrogens is 2. The minimum atomic E-state index is -4.47. The van der Waals surface area contributed by atoms with E-state index in [1.807, 2.05) is 30.3 Å². The molecule has 0 atom stereocenters. The van der Waals surface area contributed by atoms with Crippen molar-refractivity contribution in [1.82, 2.24) is 9.78 Å². The molecular formula is C12H13N2O3S-. The Bertz CT molecular complexity index is 660. The van der Waals surface area contributed by atoms with Gasteiger partial charge < -0.3 is 4.55 Å². The van der Waals surface area contributed by atoms with Gasteiger partial charge in [0.2, 0.25) is 0 Å². The van der Waals surface area contributed by atoms with E-state index in [4.69, 9.17) is 0 Å². The Hall–Kier alpha value is -1.66. The summed E-state index contributed by atoms with van der Waals surface area (Å²) in [6.07, 6.45) is 0. The fourth-order valence-electron chi connectivity index (χ4n) is 1.95. The monoisotopic (exact) mass is 265 g/mol. The highest BCUT2D eigenvalue weighted by molar-refractivity contribution is 7.85. The molecule has 1 aromatic heterocycles. The molecule has 2 rings (SSSR count). The minimum Gasteiger partial charge on any atom is -0.744 e. The van der Waals surface area contributed by atoms with E-state index in [9.17, 15) is 13.0 Å². The Balaban J connectivity index is 2.43. The van der Waals surface area contributed by atoms with Crippen LogP contribution in [0.3, 0.4) is 0 Å². The van der Waals surface area contributed by atoms with Crippen molar-refractivity contribution >= 4 is 10.1 Å². The molecule has 0 saturated heterocycles. The molecule has 18 heavy (non-hydrogen) atoms. The number of nitrogens with zero attached hydrogens (tertiary/aromatic N) is 2. The molecule has 0 amide bonds. The summed E-state index contributed by atoms with van der Waals surface area (Å²) in [7, 11) is -4.47. The maximum absolute atomic E-state index is 11.1. The van der Waals surface area contributed by atoms with Gasteiger partial charge in [-0.15, -0.1) is 0 Å². The van der Waals surface area contributed by atoms with Gasteiger partial charge in [0.1, 0.15) is 10.1 Å². The fourth-order valence-corrected chi connectivity index (χ4v) is 2.82. The zero-order valence-corrected chi connectivity index (χ0v) is 10.9. The van der Waals surface area contributed by atoms with E-state index < -0.39 is 10.1 Å². The number of aryl methyl sites for hydroxylation is 1. The van der Waals surface area contributed by atoms with E-state index in [2.05, 4.69) is 5.10 Å². The van der Waals surface area contributed by atoms with Crippen LogP contribution in [0.25, 0.3) is 0 Å². The molecule has 1 aromatic carbocycles. The van der Waals surface area contributed by atoms with Crippen molar-refractivity contribution in [2.45, 2.75) is 25.3 Å². The molecule has 0 bridgehead atoms. The second kappa shape index (κ2) is 4.55. The Morgan fingerprint density at radius 2 is 1.83 bits per heavy atom. The van der Waals surface area contributed by atoms with Crippen molar-refractivity contribution < 1.29 is 13.0 Å². The predicted octanol–water partition coefficient (Wildman–Crippen LogP) is 1.45. The summed E-state index contributed by atoms with van der Waals surface area (Å²) in [6, 6.07) is 9.53. The smallest absolute Gasteiger partial charge is 0.128 e. The van der Waals surface area contributed by atoms with Gasteiger partial charge in [-0.3, -0.25) is 4.68 Å². The van der Waals surface area contributed by atoms with Gasteiger partial charge in [-0.05, 0) is 19.4 Å². The summed E-state index contributed by atoms with van der Waals surface area (Å²) in [4.78, 5) is -0.210. The highest BCUT2D eigenvalue weighted by Gasteiger charge is 2.16. The molecule has 0 spiro atoms. The van der Waals surface area contributed by atoms with Crippen LogP contribution in [0.4, 0.5) is 0 Å². The van der Waals surface area contributed by atoms with Crippen LogP contribution in [-0.2, 0) is 16.7 Å². The standard InChI is InChI=1S/C12H14N2O3S/c1-9-12(18(15,16)17)10(2)14(13-9)8-11-6-4-3-5-7-11/h3-7H,8H2,1-2H3,(H,15,16,17)/p-1. The van der Waals surface area contributed by atoms with Gasteiger partial charge in [-0.25, -0.2) is 8.42 Å². The van der Waals surface area contributed by atoms with Crippen molar-refractivity contribution in [2.24, 2.45) is 0 Å². The van der Waals surface area contributed by atoms with Crippen LogP contribution < -0.4 is 0 Å². The van der Waals surface area contributed by atoms with Gasteiger partial charge in [-0.2, -0.15) is 5.10 Å². The predicted molar refractivity (Wildman–Crippen MR) is 65.2 cm³/mol. The molecule has 0 saturated carbocycles. The maximum Gasteiger partial charge on any atom is 0.128 e. The molecule has 0 aliphatic heterocycles. The Kier molecular flexibility index (Phi) is 3.23. The van der Waals surface area contributed by atoms with Crippen LogP contribution in [0.15, 0.2) is 35.2 Å². The number of hydrogen-bond donors (Lipinski definition) is 0. The quantitative estimate of drug-likeness (QED) is 0.787. The Morgan fingerprint density at radius 1 is 1.22 bits per heavy atom. The lowest BCUT2D eigenvalue weighted by atomic mass is 10.2. The van der Waals surface area contributed by atoms with E-state index in [1.165, 1.54) is 11.6 Å². The van der Waals surface area contributed by atoms with E-state index >= 15 is 0 Å². The van der Waals surface area contributed by atoms with Gasteiger partial charge in [0.15, 0.2) is 0 Å². The van der Waals surface area contributed by atoms with Crippen LogP contribution in [-0.4, -0.2) is 22.8 Å². The van der Waals surface area contributed by atoms with Gasteiger partial charge in [0, 0.05) is 0 Å². The first-order valence-corrected chi connectivity index (χ1v) is 6.84. The summed E-state index contributed by atoms with van der Waals surface area (Å²) < 4.78 is 34.9. The van der Waals surface area contributed by atoms with E-state index in [0.29, 0.717) is 12.2 Å². The first-order valence-electron chi connectivity index (χ1n) is 5.43. The summed E-state index contributed by atoms with van der Waals surface area (Å²) in [5, 5.41) is 4.11. The van der Waals surface area contributed by atoms with E-state index in [1.54, 1.807) is 6.92 Å². The zero-order chi connectivity index (χ0) is 13.3. The lowest BCUT2D eigenvalue weighted by molar-refractivity contribution is 0.461. The fraction of sp³-hybridized carbons (Fsp3) is 0.250. The van der Waals surface area contributed by atoms with Gasteiger partial charge in [0.05, 0.1) is 22.8 Å². The van der Waals surface area contributed by atoms with Crippen LogP contribution in [0, 0.1) is 13.8 Å². The van der Waals surface area contributed by atoms with Crippen molar-refractivity contribution in [2.75, 3.05) is 0 Å².